The maximum absolute atomic E-state index is 13.1. The van der Waals surface area contributed by atoms with E-state index < -0.39 is 0 Å². The highest BCUT2D eigenvalue weighted by atomic mass is 16.2. The highest BCUT2D eigenvalue weighted by molar-refractivity contribution is 5.92. The highest BCUT2D eigenvalue weighted by Gasteiger charge is 2.43. The molecule has 0 N–H and O–H groups in total. The lowest BCUT2D eigenvalue weighted by Gasteiger charge is -2.36. The van der Waals surface area contributed by atoms with Crippen molar-refractivity contribution in [2.24, 2.45) is 11.8 Å². The number of carbonyl (C=O) groups is 2. The Hall–Kier alpha value is -2.10. The van der Waals surface area contributed by atoms with Crippen molar-refractivity contribution in [1.82, 2.24) is 9.80 Å². The molecule has 144 valence electrons. The van der Waals surface area contributed by atoms with Gasteiger partial charge in [-0.15, -0.1) is 0 Å². The molecular formula is C23H30N2O2. The molecule has 1 aliphatic heterocycles. The van der Waals surface area contributed by atoms with Crippen molar-refractivity contribution in [2.45, 2.75) is 57.5 Å². The van der Waals surface area contributed by atoms with Crippen molar-refractivity contribution in [3.05, 3.63) is 42.0 Å². The predicted octanol–water partition coefficient (Wildman–Crippen LogP) is 3.73. The molecule has 1 atom stereocenters. The van der Waals surface area contributed by atoms with Crippen LogP contribution in [-0.2, 0) is 9.59 Å². The Kier molecular flexibility index (Phi) is 5.33. The van der Waals surface area contributed by atoms with Crippen LogP contribution in [0.25, 0.3) is 6.08 Å². The predicted molar refractivity (Wildman–Crippen MR) is 107 cm³/mol. The fraction of sp³-hybridized carbons (Fsp3) is 0.565. The highest BCUT2D eigenvalue weighted by Crippen LogP contribution is 2.41. The molecular weight excluding hydrogens is 336 g/mol. The topological polar surface area (TPSA) is 40.6 Å². The zero-order valence-corrected chi connectivity index (χ0v) is 16.2. The van der Waals surface area contributed by atoms with E-state index in [9.17, 15) is 9.59 Å². The SMILES string of the molecule is CC(C1CC1)N(C(=O)C1CCN(C(=O)/C=C/c2ccccc2)CC1)C1CC1. The largest absolute Gasteiger partial charge is 0.339 e. The first-order valence-electron chi connectivity index (χ1n) is 10.5. The van der Waals surface area contributed by atoms with Gasteiger partial charge in [0, 0.05) is 37.2 Å². The summed E-state index contributed by atoms with van der Waals surface area (Å²) < 4.78 is 0. The van der Waals surface area contributed by atoms with E-state index in [2.05, 4.69) is 11.8 Å². The van der Waals surface area contributed by atoms with Gasteiger partial charge in [0.05, 0.1) is 0 Å². The third-order valence-corrected chi connectivity index (χ3v) is 6.31. The first kappa shape index (κ1) is 18.3. The summed E-state index contributed by atoms with van der Waals surface area (Å²) in [6, 6.07) is 10.8. The number of amides is 2. The number of likely N-dealkylation sites (tertiary alicyclic amines) is 1. The van der Waals surface area contributed by atoms with Gasteiger partial charge in [-0.05, 0) is 63.0 Å². The number of hydrogen-bond acceptors (Lipinski definition) is 2. The van der Waals surface area contributed by atoms with Crippen LogP contribution in [-0.4, -0.2) is 46.8 Å². The second-order valence-corrected chi connectivity index (χ2v) is 8.40. The monoisotopic (exact) mass is 366 g/mol. The first-order valence-corrected chi connectivity index (χ1v) is 10.5. The third kappa shape index (κ3) is 4.42. The van der Waals surface area contributed by atoms with E-state index in [-0.39, 0.29) is 11.8 Å². The van der Waals surface area contributed by atoms with Gasteiger partial charge >= 0.3 is 0 Å². The van der Waals surface area contributed by atoms with Gasteiger partial charge in [0.2, 0.25) is 11.8 Å². The van der Waals surface area contributed by atoms with Crippen LogP contribution in [0.3, 0.4) is 0 Å². The molecule has 4 heteroatoms. The van der Waals surface area contributed by atoms with E-state index in [0.717, 1.165) is 24.3 Å². The summed E-state index contributed by atoms with van der Waals surface area (Å²) in [6.45, 7) is 3.61. The van der Waals surface area contributed by atoms with Crippen LogP contribution in [0.2, 0.25) is 0 Å². The maximum Gasteiger partial charge on any atom is 0.246 e. The summed E-state index contributed by atoms with van der Waals surface area (Å²) in [6.07, 6.45) is 10.0. The number of carbonyl (C=O) groups excluding carboxylic acids is 2. The summed E-state index contributed by atoms with van der Waals surface area (Å²) in [5.41, 5.74) is 1.03. The Labute approximate surface area is 162 Å². The molecule has 3 aliphatic rings. The van der Waals surface area contributed by atoms with Crippen molar-refractivity contribution in [1.29, 1.82) is 0 Å². The number of piperidine rings is 1. The molecule has 2 aliphatic carbocycles. The number of rotatable bonds is 6. The molecule has 0 bridgehead atoms. The second-order valence-electron chi connectivity index (χ2n) is 8.40. The van der Waals surface area contributed by atoms with Gasteiger partial charge in [0.15, 0.2) is 0 Å². The van der Waals surface area contributed by atoms with Crippen LogP contribution >= 0.6 is 0 Å². The Morgan fingerprint density at radius 1 is 1.04 bits per heavy atom. The maximum atomic E-state index is 13.1. The van der Waals surface area contributed by atoms with Gasteiger partial charge in [-0.25, -0.2) is 0 Å². The minimum absolute atomic E-state index is 0.0511. The van der Waals surface area contributed by atoms with Crippen molar-refractivity contribution >= 4 is 17.9 Å². The smallest absolute Gasteiger partial charge is 0.246 e. The van der Waals surface area contributed by atoms with Gasteiger partial charge in [0.1, 0.15) is 0 Å². The molecule has 27 heavy (non-hydrogen) atoms. The van der Waals surface area contributed by atoms with Gasteiger partial charge in [-0.3, -0.25) is 9.59 Å². The molecule has 0 aromatic heterocycles. The Morgan fingerprint density at radius 3 is 2.30 bits per heavy atom. The third-order valence-electron chi connectivity index (χ3n) is 6.31. The molecule has 2 amide bonds. The molecule has 0 radical (unpaired) electrons. The molecule has 1 aromatic rings. The van der Waals surface area contributed by atoms with Crippen LogP contribution in [0.1, 0.15) is 51.0 Å². The molecule has 1 heterocycles. The van der Waals surface area contributed by atoms with Gasteiger partial charge in [-0.1, -0.05) is 30.3 Å². The van der Waals surface area contributed by atoms with Crippen LogP contribution in [0.15, 0.2) is 36.4 Å². The molecule has 0 spiro atoms. The molecule has 2 saturated carbocycles. The van der Waals surface area contributed by atoms with Crippen LogP contribution < -0.4 is 0 Å². The Bertz CT molecular complexity index is 698. The fourth-order valence-corrected chi connectivity index (χ4v) is 4.27. The Morgan fingerprint density at radius 2 is 1.70 bits per heavy atom. The lowest BCUT2D eigenvalue weighted by Crippen LogP contribution is -2.48. The first-order chi connectivity index (χ1) is 13.1. The van der Waals surface area contributed by atoms with E-state index in [0.29, 0.717) is 31.1 Å². The minimum Gasteiger partial charge on any atom is -0.339 e. The zero-order chi connectivity index (χ0) is 18.8. The van der Waals surface area contributed by atoms with E-state index in [1.165, 1.54) is 25.7 Å². The molecule has 4 nitrogen and oxygen atoms in total. The fourth-order valence-electron chi connectivity index (χ4n) is 4.27. The summed E-state index contributed by atoms with van der Waals surface area (Å²) in [5.74, 6) is 1.22. The second kappa shape index (κ2) is 7.87. The summed E-state index contributed by atoms with van der Waals surface area (Å²) >= 11 is 0. The average Bonchev–Trinajstić information content (AvgIpc) is 3.60. The molecule has 4 rings (SSSR count). The normalized spacial score (nSPS) is 22.0. The molecule has 1 aromatic carbocycles. The summed E-state index contributed by atoms with van der Waals surface area (Å²) in [5, 5.41) is 0. The minimum atomic E-state index is 0.0511. The lowest BCUT2D eigenvalue weighted by atomic mass is 9.94. The van der Waals surface area contributed by atoms with Gasteiger partial charge < -0.3 is 9.80 Å². The Balaban J connectivity index is 1.31. The average molecular weight is 367 g/mol. The van der Waals surface area contributed by atoms with Gasteiger partial charge in [-0.2, -0.15) is 0 Å². The van der Waals surface area contributed by atoms with Crippen molar-refractivity contribution < 1.29 is 9.59 Å². The van der Waals surface area contributed by atoms with Crippen molar-refractivity contribution in [3.63, 3.8) is 0 Å². The summed E-state index contributed by atoms with van der Waals surface area (Å²) in [4.78, 5) is 29.7. The lowest BCUT2D eigenvalue weighted by molar-refractivity contribution is -0.142. The van der Waals surface area contributed by atoms with Crippen LogP contribution in [0.4, 0.5) is 0 Å². The van der Waals surface area contributed by atoms with Crippen molar-refractivity contribution in [3.8, 4) is 0 Å². The van der Waals surface area contributed by atoms with E-state index in [1.807, 2.05) is 41.3 Å². The van der Waals surface area contributed by atoms with Gasteiger partial charge in [0.25, 0.3) is 0 Å². The van der Waals surface area contributed by atoms with Crippen LogP contribution in [0, 0.1) is 11.8 Å². The number of hydrogen-bond donors (Lipinski definition) is 0. The van der Waals surface area contributed by atoms with E-state index in [1.54, 1.807) is 6.08 Å². The van der Waals surface area contributed by atoms with Crippen LogP contribution in [0.5, 0.6) is 0 Å². The van der Waals surface area contributed by atoms with E-state index in [4.69, 9.17) is 0 Å². The summed E-state index contributed by atoms with van der Waals surface area (Å²) in [7, 11) is 0. The molecule has 3 fully saturated rings. The standard InChI is InChI=1S/C23H30N2O2/c1-17(19-8-9-19)25(21-10-11-21)23(27)20-13-15-24(16-14-20)22(26)12-7-18-5-3-2-4-6-18/h2-7,12,17,19-21H,8-11,13-16H2,1H3/b12-7+. The number of nitrogens with zero attached hydrogens (tertiary/aromatic N) is 2. The zero-order valence-electron chi connectivity index (χ0n) is 16.2. The molecule has 1 saturated heterocycles. The van der Waals surface area contributed by atoms with Crippen molar-refractivity contribution in [2.75, 3.05) is 13.1 Å². The quantitative estimate of drug-likeness (QED) is 0.720. The molecule has 1 unspecified atom stereocenters. The number of benzene rings is 1. The van der Waals surface area contributed by atoms with E-state index >= 15 is 0 Å².